The van der Waals surface area contributed by atoms with Crippen molar-refractivity contribution in [2.45, 2.75) is 32.8 Å². The van der Waals surface area contributed by atoms with Gasteiger partial charge in [-0.2, -0.15) is 0 Å². The third-order valence-electron chi connectivity index (χ3n) is 2.94. The standard InChI is InChI=1S/C14H19BrO4/c1-14(2,8-13(17)18)7-11(16)9-4-5-12(19-3)10(15)6-9/h4-6,11,16H,7-8H2,1-3H3,(H,17,18). The van der Waals surface area contributed by atoms with E-state index in [0.29, 0.717) is 12.2 Å². The highest BCUT2D eigenvalue weighted by atomic mass is 79.9. The number of aliphatic carboxylic acids is 1. The molecule has 1 rings (SSSR count). The van der Waals surface area contributed by atoms with Gasteiger partial charge >= 0.3 is 5.97 Å². The summed E-state index contributed by atoms with van der Waals surface area (Å²) in [5.74, 6) is -0.158. The molecule has 0 radical (unpaired) electrons. The van der Waals surface area contributed by atoms with Crippen LogP contribution >= 0.6 is 15.9 Å². The quantitative estimate of drug-likeness (QED) is 0.839. The summed E-state index contributed by atoms with van der Waals surface area (Å²) in [5, 5.41) is 19.0. The molecule has 0 bridgehead atoms. The number of methoxy groups -OCH3 is 1. The van der Waals surface area contributed by atoms with Gasteiger partial charge in [0.25, 0.3) is 0 Å². The van der Waals surface area contributed by atoms with Crippen molar-refractivity contribution in [3.05, 3.63) is 28.2 Å². The van der Waals surface area contributed by atoms with E-state index in [9.17, 15) is 9.90 Å². The normalized spacial score (nSPS) is 13.1. The van der Waals surface area contributed by atoms with Crippen LogP contribution in [0.15, 0.2) is 22.7 Å². The van der Waals surface area contributed by atoms with Gasteiger partial charge in [-0.25, -0.2) is 0 Å². The molecular formula is C14H19BrO4. The van der Waals surface area contributed by atoms with Gasteiger partial charge in [0.05, 0.1) is 24.1 Å². The smallest absolute Gasteiger partial charge is 0.303 e. The number of aliphatic hydroxyl groups excluding tert-OH is 1. The summed E-state index contributed by atoms with van der Waals surface area (Å²) in [5.41, 5.74) is 0.281. The fourth-order valence-corrected chi connectivity index (χ4v) is 2.57. The largest absolute Gasteiger partial charge is 0.496 e. The van der Waals surface area contributed by atoms with Crippen molar-refractivity contribution < 1.29 is 19.7 Å². The van der Waals surface area contributed by atoms with E-state index in [-0.39, 0.29) is 6.42 Å². The number of carboxylic acids is 1. The third kappa shape index (κ3) is 4.84. The first-order valence-corrected chi connectivity index (χ1v) is 6.78. The molecular weight excluding hydrogens is 312 g/mol. The summed E-state index contributed by atoms with van der Waals surface area (Å²) < 4.78 is 5.89. The van der Waals surface area contributed by atoms with Gasteiger partial charge in [0.1, 0.15) is 5.75 Å². The van der Waals surface area contributed by atoms with Crippen LogP contribution in [-0.2, 0) is 4.79 Å². The van der Waals surface area contributed by atoms with Gasteiger partial charge in [-0.05, 0) is 45.5 Å². The molecule has 4 nitrogen and oxygen atoms in total. The number of halogens is 1. The lowest BCUT2D eigenvalue weighted by Crippen LogP contribution is -2.20. The van der Waals surface area contributed by atoms with E-state index in [1.54, 1.807) is 25.3 Å². The van der Waals surface area contributed by atoms with E-state index in [4.69, 9.17) is 9.84 Å². The number of benzene rings is 1. The third-order valence-corrected chi connectivity index (χ3v) is 3.56. The Morgan fingerprint density at radius 1 is 1.47 bits per heavy atom. The number of hydrogen-bond acceptors (Lipinski definition) is 3. The molecule has 0 aliphatic heterocycles. The van der Waals surface area contributed by atoms with Crippen LogP contribution < -0.4 is 4.74 Å². The molecule has 19 heavy (non-hydrogen) atoms. The number of ether oxygens (including phenoxy) is 1. The SMILES string of the molecule is COc1ccc(C(O)CC(C)(C)CC(=O)O)cc1Br. The molecule has 106 valence electrons. The molecule has 1 aromatic carbocycles. The summed E-state index contributed by atoms with van der Waals surface area (Å²) >= 11 is 3.37. The van der Waals surface area contributed by atoms with Gasteiger partial charge in [-0.1, -0.05) is 19.9 Å². The van der Waals surface area contributed by atoms with Crippen LogP contribution in [0.2, 0.25) is 0 Å². The van der Waals surface area contributed by atoms with E-state index in [2.05, 4.69) is 15.9 Å². The number of aliphatic hydroxyl groups is 1. The maximum Gasteiger partial charge on any atom is 0.303 e. The highest BCUT2D eigenvalue weighted by Gasteiger charge is 2.26. The predicted molar refractivity (Wildman–Crippen MR) is 76.3 cm³/mol. The molecule has 1 unspecified atom stereocenters. The molecule has 0 fully saturated rings. The fourth-order valence-electron chi connectivity index (χ4n) is 2.01. The van der Waals surface area contributed by atoms with Crippen LogP contribution in [0.1, 0.15) is 38.4 Å². The maximum atomic E-state index is 10.8. The molecule has 0 aliphatic carbocycles. The molecule has 1 atom stereocenters. The van der Waals surface area contributed by atoms with Crippen LogP contribution in [0.3, 0.4) is 0 Å². The average Bonchev–Trinajstić information content (AvgIpc) is 2.26. The molecule has 0 heterocycles. The molecule has 0 saturated heterocycles. The van der Waals surface area contributed by atoms with Gasteiger partial charge in [-0.15, -0.1) is 0 Å². The van der Waals surface area contributed by atoms with Crippen molar-refractivity contribution in [2.24, 2.45) is 5.41 Å². The zero-order valence-corrected chi connectivity index (χ0v) is 12.9. The first-order valence-electron chi connectivity index (χ1n) is 5.98. The van der Waals surface area contributed by atoms with E-state index in [0.717, 1.165) is 10.0 Å². The summed E-state index contributed by atoms with van der Waals surface area (Å²) in [7, 11) is 1.58. The molecule has 0 spiro atoms. The van der Waals surface area contributed by atoms with Gasteiger partial charge in [0.15, 0.2) is 0 Å². The van der Waals surface area contributed by atoms with Gasteiger partial charge in [0, 0.05) is 0 Å². The molecule has 0 aromatic heterocycles. The molecule has 2 N–H and O–H groups in total. The number of carboxylic acid groups (broad SMARTS) is 1. The van der Waals surface area contributed by atoms with Crippen LogP contribution in [0.4, 0.5) is 0 Å². The monoisotopic (exact) mass is 330 g/mol. The Kier molecular flexibility index (Phi) is 5.38. The van der Waals surface area contributed by atoms with Crippen molar-refractivity contribution in [3.63, 3.8) is 0 Å². The Hall–Kier alpha value is -1.07. The number of carbonyl (C=O) groups is 1. The summed E-state index contributed by atoms with van der Waals surface area (Å²) in [6.45, 7) is 3.67. The zero-order chi connectivity index (χ0) is 14.6. The Bertz CT molecular complexity index is 457. The topological polar surface area (TPSA) is 66.8 Å². The second-order valence-corrected chi connectivity index (χ2v) is 6.20. The summed E-state index contributed by atoms with van der Waals surface area (Å²) in [6.07, 6.45) is -0.282. The lowest BCUT2D eigenvalue weighted by atomic mass is 9.82. The van der Waals surface area contributed by atoms with Crippen molar-refractivity contribution in [1.29, 1.82) is 0 Å². The molecule has 5 heteroatoms. The van der Waals surface area contributed by atoms with Crippen molar-refractivity contribution in [2.75, 3.05) is 7.11 Å². The highest BCUT2D eigenvalue weighted by Crippen LogP contribution is 2.35. The van der Waals surface area contributed by atoms with Gasteiger partial charge < -0.3 is 14.9 Å². The first-order chi connectivity index (χ1) is 8.75. The molecule has 0 amide bonds. The van der Waals surface area contributed by atoms with Crippen molar-refractivity contribution in [3.8, 4) is 5.75 Å². The minimum Gasteiger partial charge on any atom is -0.496 e. The Balaban J connectivity index is 2.80. The van der Waals surface area contributed by atoms with Crippen LogP contribution in [-0.4, -0.2) is 23.3 Å². The lowest BCUT2D eigenvalue weighted by molar-refractivity contribution is -0.139. The lowest BCUT2D eigenvalue weighted by Gasteiger charge is -2.26. The van der Waals surface area contributed by atoms with Crippen LogP contribution in [0.25, 0.3) is 0 Å². The minimum absolute atomic E-state index is 0.0292. The molecule has 0 aliphatic rings. The highest BCUT2D eigenvalue weighted by molar-refractivity contribution is 9.10. The van der Waals surface area contributed by atoms with Crippen molar-refractivity contribution >= 4 is 21.9 Å². The fraction of sp³-hybridized carbons (Fsp3) is 0.500. The Morgan fingerprint density at radius 3 is 2.58 bits per heavy atom. The minimum atomic E-state index is -0.854. The summed E-state index contributed by atoms with van der Waals surface area (Å²) in [4.78, 5) is 10.8. The Morgan fingerprint density at radius 2 is 2.11 bits per heavy atom. The van der Waals surface area contributed by atoms with Gasteiger partial charge in [-0.3, -0.25) is 4.79 Å². The molecule has 0 saturated carbocycles. The van der Waals surface area contributed by atoms with E-state index < -0.39 is 17.5 Å². The average molecular weight is 331 g/mol. The van der Waals surface area contributed by atoms with Crippen LogP contribution in [0.5, 0.6) is 5.75 Å². The van der Waals surface area contributed by atoms with Crippen molar-refractivity contribution in [1.82, 2.24) is 0 Å². The summed E-state index contributed by atoms with van der Waals surface area (Å²) in [6, 6.07) is 5.35. The first kappa shape index (κ1) is 16.0. The second kappa shape index (κ2) is 6.39. The zero-order valence-electron chi connectivity index (χ0n) is 11.3. The molecule has 1 aromatic rings. The number of hydrogen-bond donors (Lipinski definition) is 2. The predicted octanol–water partition coefficient (Wildman–Crippen LogP) is 3.38. The van der Waals surface area contributed by atoms with E-state index in [1.165, 1.54) is 0 Å². The maximum absolute atomic E-state index is 10.8. The van der Waals surface area contributed by atoms with E-state index >= 15 is 0 Å². The Labute approximate surface area is 121 Å². The van der Waals surface area contributed by atoms with E-state index in [1.807, 2.05) is 13.8 Å². The van der Waals surface area contributed by atoms with Gasteiger partial charge in [0.2, 0.25) is 0 Å². The number of rotatable bonds is 6. The second-order valence-electron chi connectivity index (χ2n) is 5.35. The van der Waals surface area contributed by atoms with Crippen LogP contribution in [0, 0.1) is 5.41 Å².